The molecule has 5 nitrogen and oxygen atoms in total. The van der Waals surface area contributed by atoms with E-state index >= 15 is 0 Å². The van der Waals surface area contributed by atoms with Gasteiger partial charge in [-0.25, -0.2) is 4.79 Å². The highest BCUT2D eigenvalue weighted by atomic mass is 16.7. The van der Waals surface area contributed by atoms with Gasteiger partial charge in [-0.1, -0.05) is 13.8 Å². The molecule has 0 N–H and O–H groups in total. The number of nitrogens with zero attached hydrogens (tertiary/aromatic N) is 1. The van der Waals surface area contributed by atoms with Crippen molar-refractivity contribution in [3.05, 3.63) is 11.8 Å². The Bertz CT molecular complexity index is 492. The summed E-state index contributed by atoms with van der Waals surface area (Å²) in [5, 5.41) is 0. The highest BCUT2D eigenvalue weighted by molar-refractivity contribution is 5.62. The van der Waals surface area contributed by atoms with Gasteiger partial charge >= 0.3 is 6.16 Å². The smallest absolute Gasteiger partial charge is 0.428 e. The first-order valence-electron chi connectivity index (χ1n) is 8.38. The van der Waals surface area contributed by atoms with Crippen molar-refractivity contribution in [3.8, 4) is 0 Å². The van der Waals surface area contributed by atoms with E-state index in [1.165, 1.54) is 0 Å². The lowest BCUT2D eigenvalue weighted by Gasteiger charge is -2.46. The van der Waals surface area contributed by atoms with E-state index in [0.29, 0.717) is 5.76 Å². The van der Waals surface area contributed by atoms with Crippen molar-refractivity contribution in [2.45, 2.75) is 71.1 Å². The number of rotatable bonds is 2. The molecule has 1 heterocycles. The molecule has 0 saturated carbocycles. The van der Waals surface area contributed by atoms with Crippen LogP contribution < -0.4 is 0 Å². The molecule has 0 aromatic heterocycles. The van der Waals surface area contributed by atoms with Gasteiger partial charge in [0.1, 0.15) is 11.4 Å². The summed E-state index contributed by atoms with van der Waals surface area (Å²) >= 11 is 0. The third kappa shape index (κ3) is 3.41. The van der Waals surface area contributed by atoms with Crippen molar-refractivity contribution in [3.63, 3.8) is 0 Å². The molecule has 2 rings (SSSR count). The molecule has 1 spiro atoms. The van der Waals surface area contributed by atoms with Crippen LogP contribution in [0.2, 0.25) is 0 Å². The Morgan fingerprint density at radius 1 is 1.35 bits per heavy atom. The van der Waals surface area contributed by atoms with E-state index in [1.807, 2.05) is 20.8 Å². The summed E-state index contributed by atoms with van der Waals surface area (Å²) in [6.07, 6.45) is 4.45. The maximum Gasteiger partial charge on any atom is 0.514 e. The maximum atomic E-state index is 12.0. The highest BCUT2D eigenvalue weighted by Gasteiger charge is 2.57. The van der Waals surface area contributed by atoms with Crippen LogP contribution in [-0.4, -0.2) is 49.0 Å². The molecular formula is C18H31NO4. The van der Waals surface area contributed by atoms with Gasteiger partial charge in [-0.3, -0.25) is 4.90 Å². The average Bonchev–Trinajstić information content (AvgIpc) is 2.57. The van der Waals surface area contributed by atoms with Crippen molar-refractivity contribution in [2.75, 3.05) is 20.7 Å². The van der Waals surface area contributed by atoms with Gasteiger partial charge in [0.15, 0.2) is 0 Å². The molecule has 1 fully saturated rings. The minimum atomic E-state index is -0.623. The second kappa shape index (κ2) is 6.10. The van der Waals surface area contributed by atoms with Crippen LogP contribution >= 0.6 is 0 Å². The number of likely N-dealkylation sites (tertiary alicyclic amines) is 1. The largest absolute Gasteiger partial charge is 0.514 e. The number of hydrogen-bond donors (Lipinski definition) is 0. The number of hydrogen-bond acceptors (Lipinski definition) is 5. The molecule has 0 radical (unpaired) electrons. The molecule has 0 aromatic carbocycles. The Labute approximate surface area is 140 Å². The molecule has 1 aliphatic heterocycles. The number of allylic oxidation sites excluding steroid dienone is 1. The van der Waals surface area contributed by atoms with Gasteiger partial charge in [-0.15, -0.1) is 0 Å². The summed E-state index contributed by atoms with van der Waals surface area (Å²) < 4.78 is 16.5. The molecular weight excluding hydrogens is 294 g/mol. The lowest BCUT2D eigenvalue weighted by atomic mass is 9.67. The second-order valence-electron chi connectivity index (χ2n) is 8.28. The normalized spacial score (nSPS) is 31.1. The second-order valence-corrected chi connectivity index (χ2v) is 8.28. The summed E-state index contributed by atoms with van der Waals surface area (Å²) in [6.45, 7) is 10.8. The quantitative estimate of drug-likeness (QED) is 0.724. The zero-order chi connectivity index (χ0) is 17.5. The molecule has 1 saturated heterocycles. The molecule has 0 aromatic rings. The zero-order valence-corrected chi connectivity index (χ0v) is 15.6. The van der Waals surface area contributed by atoms with Gasteiger partial charge in [0.2, 0.25) is 0 Å². The van der Waals surface area contributed by atoms with Crippen LogP contribution in [0.4, 0.5) is 4.79 Å². The van der Waals surface area contributed by atoms with Gasteiger partial charge in [0, 0.05) is 25.5 Å². The maximum absolute atomic E-state index is 12.0. The molecule has 1 unspecified atom stereocenters. The number of methoxy groups -OCH3 is 1. The Balaban J connectivity index is 2.23. The molecule has 5 heteroatoms. The number of ether oxygens (including phenoxy) is 3. The Morgan fingerprint density at radius 2 is 2.00 bits per heavy atom. The van der Waals surface area contributed by atoms with Crippen molar-refractivity contribution in [2.24, 2.45) is 5.41 Å². The van der Waals surface area contributed by atoms with Gasteiger partial charge < -0.3 is 14.2 Å². The molecule has 2 atom stereocenters. The number of carbonyl (C=O) groups is 1. The fourth-order valence-electron chi connectivity index (χ4n) is 3.99. The first kappa shape index (κ1) is 18.3. The molecule has 23 heavy (non-hydrogen) atoms. The van der Waals surface area contributed by atoms with E-state index in [4.69, 9.17) is 14.2 Å². The van der Waals surface area contributed by atoms with Crippen molar-refractivity contribution in [1.29, 1.82) is 0 Å². The number of likely N-dealkylation sites (N-methyl/N-ethyl adjacent to an activating group) is 1. The summed E-state index contributed by atoms with van der Waals surface area (Å²) in [6, 6.07) is 0. The average molecular weight is 325 g/mol. The van der Waals surface area contributed by atoms with Crippen LogP contribution in [0.25, 0.3) is 0 Å². The SMILES string of the molecule is COC1CN(C)[C@]2(C=C(OC(=O)OC(C)(C)C)CCC2)C1(C)C. The molecule has 0 amide bonds. The number of carbonyl (C=O) groups excluding carboxylic acids is 1. The van der Waals surface area contributed by atoms with Crippen LogP contribution in [-0.2, 0) is 14.2 Å². The minimum absolute atomic E-state index is 0.0561. The van der Waals surface area contributed by atoms with Crippen LogP contribution in [0.5, 0.6) is 0 Å². The van der Waals surface area contributed by atoms with Gasteiger partial charge in [0.25, 0.3) is 0 Å². The molecule has 132 valence electrons. The first-order chi connectivity index (χ1) is 10.5. The minimum Gasteiger partial charge on any atom is -0.428 e. The van der Waals surface area contributed by atoms with Gasteiger partial charge in [-0.05, 0) is 46.7 Å². The van der Waals surface area contributed by atoms with E-state index in [-0.39, 0.29) is 17.1 Å². The summed E-state index contributed by atoms with van der Waals surface area (Å²) in [4.78, 5) is 14.3. The Kier molecular flexibility index (Phi) is 4.84. The van der Waals surface area contributed by atoms with Crippen LogP contribution in [0.3, 0.4) is 0 Å². The Morgan fingerprint density at radius 3 is 2.52 bits per heavy atom. The van der Waals surface area contributed by atoms with Gasteiger partial charge in [0.05, 0.1) is 11.6 Å². The van der Waals surface area contributed by atoms with E-state index in [0.717, 1.165) is 25.8 Å². The van der Waals surface area contributed by atoms with Crippen LogP contribution in [0.15, 0.2) is 11.8 Å². The topological polar surface area (TPSA) is 48.0 Å². The van der Waals surface area contributed by atoms with E-state index in [2.05, 4.69) is 31.9 Å². The van der Waals surface area contributed by atoms with Crippen molar-refractivity contribution >= 4 is 6.16 Å². The zero-order valence-electron chi connectivity index (χ0n) is 15.6. The molecule has 1 aliphatic carbocycles. The van der Waals surface area contributed by atoms with Crippen LogP contribution in [0, 0.1) is 5.41 Å². The van der Waals surface area contributed by atoms with E-state index < -0.39 is 11.8 Å². The first-order valence-corrected chi connectivity index (χ1v) is 8.38. The monoisotopic (exact) mass is 325 g/mol. The van der Waals surface area contributed by atoms with Gasteiger partial charge in [-0.2, -0.15) is 0 Å². The third-order valence-corrected chi connectivity index (χ3v) is 5.31. The van der Waals surface area contributed by atoms with E-state index in [9.17, 15) is 4.79 Å². The summed E-state index contributed by atoms with van der Waals surface area (Å²) in [5.74, 6) is 0.710. The predicted octanol–water partition coefficient (Wildman–Crippen LogP) is 3.73. The van der Waals surface area contributed by atoms with Crippen LogP contribution in [0.1, 0.15) is 53.9 Å². The molecule has 2 aliphatic rings. The van der Waals surface area contributed by atoms with Crippen molar-refractivity contribution < 1.29 is 19.0 Å². The lowest BCUT2D eigenvalue weighted by molar-refractivity contribution is -0.00470. The fraction of sp³-hybridized carbons (Fsp3) is 0.833. The lowest BCUT2D eigenvalue weighted by Crippen LogP contribution is -2.51. The Hall–Kier alpha value is -1.07. The summed E-state index contributed by atoms with van der Waals surface area (Å²) in [7, 11) is 3.89. The third-order valence-electron chi connectivity index (χ3n) is 5.31. The fourth-order valence-corrected chi connectivity index (χ4v) is 3.99. The molecule has 0 bridgehead atoms. The standard InChI is InChI=1S/C18H31NO4/c1-16(2,3)23-15(20)22-13-9-8-10-18(11-13)17(4,5)14(21-7)12-19(18)6/h11,14H,8-10,12H2,1-7H3/t14?,18-/m1/s1. The van der Waals surface area contributed by atoms with Crippen molar-refractivity contribution in [1.82, 2.24) is 4.90 Å². The highest BCUT2D eigenvalue weighted by Crippen LogP contribution is 2.51. The predicted molar refractivity (Wildman–Crippen MR) is 89.2 cm³/mol. The summed E-state index contributed by atoms with van der Waals surface area (Å²) in [5.41, 5.74) is -0.753. The van der Waals surface area contributed by atoms with E-state index in [1.54, 1.807) is 7.11 Å².